The predicted molar refractivity (Wildman–Crippen MR) is 66.2 cm³/mol. The molecule has 0 saturated carbocycles. The van der Waals surface area contributed by atoms with Gasteiger partial charge in [0.25, 0.3) is 0 Å². The molecule has 0 radical (unpaired) electrons. The first-order chi connectivity index (χ1) is 8.15. The molecule has 1 amide bonds. The second kappa shape index (κ2) is 4.70. The van der Waals surface area contributed by atoms with Gasteiger partial charge in [-0.2, -0.15) is 0 Å². The van der Waals surface area contributed by atoms with E-state index in [-0.39, 0.29) is 17.6 Å². The van der Waals surface area contributed by atoms with Crippen LogP contribution in [0.4, 0.5) is 0 Å². The lowest BCUT2D eigenvalue weighted by Crippen LogP contribution is -2.19. The van der Waals surface area contributed by atoms with E-state index in [0.717, 1.165) is 17.5 Å². The molecular formula is C14H17NO2. The van der Waals surface area contributed by atoms with Crippen LogP contribution in [0.3, 0.4) is 0 Å². The Bertz CT molecular complexity index is 465. The molecule has 2 rings (SSSR count). The van der Waals surface area contributed by atoms with E-state index in [1.54, 1.807) is 7.05 Å². The van der Waals surface area contributed by atoms with E-state index in [1.165, 1.54) is 5.56 Å². The molecule has 17 heavy (non-hydrogen) atoms. The fourth-order valence-corrected chi connectivity index (χ4v) is 2.37. The number of ketones is 1. The van der Waals surface area contributed by atoms with Gasteiger partial charge in [0.05, 0.1) is 0 Å². The van der Waals surface area contributed by atoms with Crippen LogP contribution in [-0.4, -0.2) is 18.7 Å². The Labute approximate surface area is 101 Å². The highest BCUT2D eigenvalue weighted by Crippen LogP contribution is 2.35. The van der Waals surface area contributed by atoms with Gasteiger partial charge in [0.15, 0.2) is 5.78 Å². The molecule has 3 heteroatoms. The molecular weight excluding hydrogens is 214 g/mol. The molecule has 0 aromatic heterocycles. The van der Waals surface area contributed by atoms with Gasteiger partial charge in [0, 0.05) is 31.4 Å². The summed E-state index contributed by atoms with van der Waals surface area (Å²) in [7, 11) is 1.63. The Morgan fingerprint density at radius 3 is 2.88 bits per heavy atom. The van der Waals surface area contributed by atoms with E-state index < -0.39 is 0 Å². The molecule has 1 aliphatic rings. The van der Waals surface area contributed by atoms with Crippen LogP contribution in [0.1, 0.15) is 47.2 Å². The van der Waals surface area contributed by atoms with E-state index in [9.17, 15) is 9.59 Å². The number of hydrogen-bond acceptors (Lipinski definition) is 2. The van der Waals surface area contributed by atoms with Crippen molar-refractivity contribution in [1.82, 2.24) is 5.32 Å². The van der Waals surface area contributed by atoms with E-state index in [2.05, 4.69) is 12.2 Å². The highest BCUT2D eigenvalue weighted by Gasteiger charge is 2.30. The zero-order valence-electron chi connectivity index (χ0n) is 10.2. The first-order valence-corrected chi connectivity index (χ1v) is 6.02. The summed E-state index contributed by atoms with van der Waals surface area (Å²) < 4.78 is 0. The number of carbonyl (C=O) groups is 2. The monoisotopic (exact) mass is 231 g/mol. The Kier molecular flexibility index (Phi) is 3.27. The van der Waals surface area contributed by atoms with Crippen LogP contribution < -0.4 is 5.32 Å². The van der Waals surface area contributed by atoms with Crippen LogP contribution in [0.15, 0.2) is 18.2 Å². The van der Waals surface area contributed by atoms with Gasteiger partial charge in [-0.05, 0) is 23.6 Å². The largest absolute Gasteiger partial charge is 0.359 e. The first kappa shape index (κ1) is 11.8. The number of fused-ring (bicyclic) bond motifs is 1. The third-order valence-electron chi connectivity index (χ3n) is 3.41. The van der Waals surface area contributed by atoms with Crippen LogP contribution in [0.5, 0.6) is 0 Å². The summed E-state index contributed by atoms with van der Waals surface area (Å²) in [5.74, 6) is 0.225. The smallest absolute Gasteiger partial charge is 0.220 e. The van der Waals surface area contributed by atoms with Gasteiger partial charge in [-0.15, -0.1) is 0 Å². The van der Waals surface area contributed by atoms with Crippen LogP contribution >= 0.6 is 0 Å². The van der Waals surface area contributed by atoms with Crippen LogP contribution in [-0.2, 0) is 11.2 Å². The third kappa shape index (κ3) is 2.23. The zero-order chi connectivity index (χ0) is 12.4. The minimum atomic E-state index is -0.00443. The van der Waals surface area contributed by atoms with Crippen molar-refractivity contribution < 1.29 is 9.59 Å². The van der Waals surface area contributed by atoms with Gasteiger partial charge >= 0.3 is 0 Å². The number of hydrogen-bond donors (Lipinski definition) is 1. The van der Waals surface area contributed by atoms with Gasteiger partial charge < -0.3 is 5.32 Å². The fourth-order valence-electron chi connectivity index (χ4n) is 2.37. The lowest BCUT2D eigenvalue weighted by atomic mass is 9.96. The molecule has 1 aromatic rings. The van der Waals surface area contributed by atoms with Crippen molar-refractivity contribution in [3.63, 3.8) is 0 Å². The first-order valence-electron chi connectivity index (χ1n) is 6.02. The van der Waals surface area contributed by atoms with E-state index in [1.807, 2.05) is 18.2 Å². The molecule has 0 spiro atoms. The van der Waals surface area contributed by atoms with Crippen molar-refractivity contribution in [3.8, 4) is 0 Å². The average molecular weight is 231 g/mol. The van der Waals surface area contributed by atoms with E-state index in [0.29, 0.717) is 12.8 Å². The third-order valence-corrected chi connectivity index (χ3v) is 3.41. The lowest BCUT2D eigenvalue weighted by molar-refractivity contribution is -0.120. The van der Waals surface area contributed by atoms with Crippen molar-refractivity contribution in [1.29, 1.82) is 0 Å². The molecule has 1 aliphatic carbocycles. The molecule has 0 bridgehead atoms. The highest BCUT2D eigenvalue weighted by molar-refractivity contribution is 6.02. The number of nitrogens with one attached hydrogen (secondary N) is 1. The van der Waals surface area contributed by atoms with Crippen molar-refractivity contribution in [3.05, 3.63) is 34.9 Å². The quantitative estimate of drug-likeness (QED) is 0.865. The van der Waals surface area contributed by atoms with Crippen LogP contribution in [0.2, 0.25) is 0 Å². The van der Waals surface area contributed by atoms with Gasteiger partial charge in [-0.1, -0.05) is 19.1 Å². The predicted octanol–water partition coefficient (Wildman–Crippen LogP) is 2.06. The second-order valence-corrected chi connectivity index (χ2v) is 4.48. The molecule has 1 N–H and O–H groups in total. The summed E-state index contributed by atoms with van der Waals surface area (Å²) in [6.45, 7) is 2.07. The summed E-state index contributed by atoms with van der Waals surface area (Å²) in [6, 6.07) is 6.03. The van der Waals surface area contributed by atoms with Gasteiger partial charge in [0.1, 0.15) is 0 Å². The van der Waals surface area contributed by atoms with E-state index >= 15 is 0 Å². The summed E-state index contributed by atoms with van der Waals surface area (Å²) in [4.78, 5) is 23.3. The lowest BCUT2D eigenvalue weighted by Gasteiger charge is -2.09. The summed E-state index contributed by atoms with van der Waals surface area (Å²) in [5, 5.41) is 2.61. The standard InChI is InChI=1S/C14H17NO2/c1-3-9-4-5-11-10(8-14(17)15-2)7-13(16)12(11)6-9/h4-6,10H,3,7-8H2,1-2H3,(H,15,17). The van der Waals surface area contributed by atoms with Crippen LogP contribution in [0.25, 0.3) is 0 Å². The normalized spacial score (nSPS) is 18.0. The maximum absolute atomic E-state index is 11.9. The number of Topliss-reactive ketones (excluding diaryl/α,β-unsaturated/α-hetero) is 1. The van der Waals surface area contributed by atoms with Crippen molar-refractivity contribution >= 4 is 11.7 Å². The average Bonchev–Trinajstić information content (AvgIpc) is 2.65. The SMILES string of the molecule is CCc1ccc2c(c1)C(=O)CC2CC(=O)NC. The maximum Gasteiger partial charge on any atom is 0.220 e. The van der Waals surface area contributed by atoms with Crippen molar-refractivity contribution in [2.45, 2.75) is 32.1 Å². The number of rotatable bonds is 3. The van der Waals surface area contributed by atoms with Gasteiger partial charge in [-0.3, -0.25) is 9.59 Å². The molecule has 3 nitrogen and oxygen atoms in total. The molecule has 0 fully saturated rings. The molecule has 1 atom stereocenters. The van der Waals surface area contributed by atoms with E-state index in [4.69, 9.17) is 0 Å². The molecule has 0 aliphatic heterocycles. The Morgan fingerprint density at radius 2 is 2.24 bits per heavy atom. The molecule has 1 unspecified atom stereocenters. The maximum atomic E-state index is 11.9. The number of aryl methyl sites for hydroxylation is 1. The van der Waals surface area contributed by atoms with Crippen LogP contribution in [0, 0.1) is 0 Å². The van der Waals surface area contributed by atoms with Crippen molar-refractivity contribution in [2.75, 3.05) is 7.05 Å². The molecule has 1 aromatic carbocycles. The number of benzene rings is 1. The summed E-state index contributed by atoms with van der Waals surface area (Å²) in [5.41, 5.74) is 3.03. The Balaban J connectivity index is 2.28. The molecule has 0 saturated heterocycles. The zero-order valence-corrected chi connectivity index (χ0v) is 10.2. The summed E-state index contributed by atoms with van der Waals surface area (Å²) >= 11 is 0. The molecule has 90 valence electrons. The number of amides is 1. The Hall–Kier alpha value is -1.64. The van der Waals surface area contributed by atoms with Gasteiger partial charge in [0.2, 0.25) is 5.91 Å². The Morgan fingerprint density at radius 1 is 1.47 bits per heavy atom. The van der Waals surface area contributed by atoms with Gasteiger partial charge in [-0.25, -0.2) is 0 Å². The second-order valence-electron chi connectivity index (χ2n) is 4.48. The number of carbonyl (C=O) groups excluding carboxylic acids is 2. The highest BCUT2D eigenvalue weighted by atomic mass is 16.1. The van der Waals surface area contributed by atoms with Crippen molar-refractivity contribution in [2.24, 2.45) is 0 Å². The molecule has 0 heterocycles. The fraction of sp³-hybridized carbons (Fsp3) is 0.429. The minimum absolute atomic E-state index is 0.00443. The minimum Gasteiger partial charge on any atom is -0.359 e. The topological polar surface area (TPSA) is 46.2 Å². The summed E-state index contributed by atoms with van der Waals surface area (Å²) in [6.07, 6.45) is 1.80.